The van der Waals surface area contributed by atoms with E-state index in [1.165, 1.54) is 0 Å². The molecule has 1 N–H and O–H groups in total. The van der Waals surface area contributed by atoms with Crippen molar-refractivity contribution in [3.8, 4) is 0 Å². The van der Waals surface area contributed by atoms with E-state index in [4.69, 9.17) is 9.47 Å². The molecule has 0 aromatic heterocycles. The van der Waals surface area contributed by atoms with E-state index in [2.05, 4.69) is 4.90 Å². The molecular weight excluding hydrogens is 322 g/mol. The molecule has 4 heterocycles. The lowest BCUT2D eigenvalue weighted by molar-refractivity contribution is -0.163. The van der Waals surface area contributed by atoms with Crippen molar-refractivity contribution in [2.75, 3.05) is 6.54 Å². The largest absolute Gasteiger partial charge is 0.457 e. The van der Waals surface area contributed by atoms with Crippen molar-refractivity contribution in [3.05, 3.63) is 0 Å². The molecule has 0 radical (unpaired) electrons. The second kappa shape index (κ2) is 5.68. The van der Waals surface area contributed by atoms with Crippen LogP contribution in [0.25, 0.3) is 0 Å². The number of fused-ring (bicyclic) bond motifs is 2. The van der Waals surface area contributed by atoms with Gasteiger partial charge < -0.3 is 14.6 Å². The van der Waals surface area contributed by atoms with Gasteiger partial charge in [-0.1, -0.05) is 6.92 Å². The third kappa shape index (κ3) is 2.36. The van der Waals surface area contributed by atoms with Crippen molar-refractivity contribution in [1.82, 2.24) is 4.90 Å². The summed E-state index contributed by atoms with van der Waals surface area (Å²) < 4.78 is 11.7. The van der Waals surface area contributed by atoms with Crippen molar-refractivity contribution in [2.24, 2.45) is 11.8 Å². The van der Waals surface area contributed by atoms with E-state index in [1.807, 2.05) is 13.8 Å². The minimum Gasteiger partial charge on any atom is -0.457 e. The quantitative estimate of drug-likeness (QED) is 0.724. The first-order valence-electron chi connectivity index (χ1n) is 9.68. The number of aliphatic hydroxyl groups excluding tert-OH is 1. The van der Waals surface area contributed by atoms with E-state index < -0.39 is 23.2 Å². The van der Waals surface area contributed by atoms with Crippen molar-refractivity contribution >= 4 is 11.9 Å². The van der Waals surface area contributed by atoms with Crippen LogP contribution in [0.1, 0.15) is 59.3 Å². The molecule has 1 spiro atoms. The highest BCUT2D eigenvalue weighted by molar-refractivity contribution is 5.76. The summed E-state index contributed by atoms with van der Waals surface area (Å²) in [6.45, 7) is 6.62. The standard InChI is InChI=1S/C19H29NO5/c1-11-10-18(3,24-16(11)22)13-6-7-14-19(8-4-5-9-20(13)14)15(21)12(2)17(23)25-19/h11-15,21H,4-10H2,1-3H3. The van der Waals surface area contributed by atoms with Gasteiger partial charge in [-0.2, -0.15) is 0 Å². The zero-order valence-electron chi connectivity index (χ0n) is 15.4. The number of rotatable bonds is 1. The topological polar surface area (TPSA) is 76.1 Å². The van der Waals surface area contributed by atoms with E-state index >= 15 is 0 Å². The molecule has 4 rings (SSSR count). The third-order valence-electron chi connectivity index (χ3n) is 7.10. The van der Waals surface area contributed by atoms with Gasteiger partial charge >= 0.3 is 11.9 Å². The van der Waals surface area contributed by atoms with E-state index in [0.717, 1.165) is 38.6 Å². The van der Waals surface area contributed by atoms with Crippen LogP contribution < -0.4 is 0 Å². The summed E-state index contributed by atoms with van der Waals surface area (Å²) in [6.07, 6.45) is 4.39. The maximum absolute atomic E-state index is 12.2. The fraction of sp³-hybridized carbons (Fsp3) is 0.895. The first-order chi connectivity index (χ1) is 11.8. The van der Waals surface area contributed by atoms with Gasteiger partial charge in [-0.05, 0) is 52.5 Å². The molecule has 4 saturated heterocycles. The van der Waals surface area contributed by atoms with Crippen molar-refractivity contribution in [3.63, 3.8) is 0 Å². The summed E-state index contributed by atoms with van der Waals surface area (Å²) in [6, 6.07) is 0.138. The number of carbonyl (C=O) groups is 2. The Kier molecular flexibility index (Phi) is 3.93. The van der Waals surface area contributed by atoms with Gasteiger partial charge in [-0.25, -0.2) is 0 Å². The molecular formula is C19H29NO5. The van der Waals surface area contributed by atoms with E-state index in [9.17, 15) is 14.7 Å². The highest BCUT2D eigenvalue weighted by Gasteiger charge is 2.63. The summed E-state index contributed by atoms with van der Waals surface area (Å²) in [5.74, 6) is -0.944. The molecule has 0 amide bonds. The van der Waals surface area contributed by atoms with E-state index in [0.29, 0.717) is 6.42 Å². The van der Waals surface area contributed by atoms with E-state index in [-0.39, 0.29) is 29.9 Å². The van der Waals surface area contributed by atoms with Crippen LogP contribution in [0.4, 0.5) is 0 Å². The van der Waals surface area contributed by atoms with Gasteiger partial charge in [0.15, 0.2) is 5.60 Å². The minimum absolute atomic E-state index is 0.00957. The lowest BCUT2D eigenvalue weighted by Gasteiger charge is -2.43. The van der Waals surface area contributed by atoms with Gasteiger partial charge in [-0.15, -0.1) is 0 Å². The number of ether oxygens (including phenoxy) is 2. The Morgan fingerprint density at radius 1 is 1.08 bits per heavy atom. The molecule has 6 nitrogen and oxygen atoms in total. The summed E-state index contributed by atoms with van der Waals surface area (Å²) in [5.41, 5.74) is -1.29. The first-order valence-corrected chi connectivity index (χ1v) is 9.68. The molecule has 4 aliphatic heterocycles. The Labute approximate surface area is 148 Å². The number of nitrogens with zero attached hydrogens (tertiary/aromatic N) is 1. The molecule has 7 unspecified atom stereocenters. The van der Waals surface area contributed by atoms with Crippen LogP contribution in [0.2, 0.25) is 0 Å². The summed E-state index contributed by atoms with van der Waals surface area (Å²) in [4.78, 5) is 26.6. The average molecular weight is 351 g/mol. The maximum atomic E-state index is 12.2. The van der Waals surface area contributed by atoms with Crippen LogP contribution in [-0.2, 0) is 19.1 Å². The minimum atomic E-state index is -0.799. The number of hydrogen-bond acceptors (Lipinski definition) is 6. The van der Waals surface area contributed by atoms with Crippen LogP contribution in [0, 0.1) is 11.8 Å². The van der Waals surface area contributed by atoms with Crippen molar-refractivity contribution < 1.29 is 24.2 Å². The molecule has 0 saturated carbocycles. The Hall–Kier alpha value is -1.14. The van der Waals surface area contributed by atoms with Crippen LogP contribution in [0.3, 0.4) is 0 Å². The Morgan fingerprint density at radius 3 is 2.40 bits per heavy atom. The summed E-state index contributed by atoms with van der Waals surface area (Å²) in [5, 5.41) is 10.9. The number of esters is 2. The second-order valence-electron chi connectivity index (χ2n) is 8.75. The molecule has 6 heteroatoms. The molecule has 0 aliphatic carbocycles. The van der Waals surface area contributed by atoms with Gasteiger partial charge in [0.1, 0.15) is 11.7 Å². The van der Waals surface area contributed by atoms with Crippen LogP contribution in [0.15, 0.2) is 0 Å². The van der Waals surface area contributed by atoms with E-state index in [1.54, 1.807) is 6.92 Å². The lowest BCUT2D eigenvalue weighted by Crippen LogP contribution is -2.59. The third-order valence-corrected chi connectivity index (χ3v) is 7.10. The molecule has 7 atom stereocenters. The number of aliphatic hydroxyl groups is 1. The fourth-order valence-corrected chi connectivity index (χ4v) is 5.84. The molecule has 0 bridgehead atoms. The normalized spacial score (nSPS) is 50.6. The van der Waals surface area contributed by atoms with Gasteiger partial charge in [0.2, 0.25) is 0 Å². The average Bonchev–Trinajstić information content (AvgIpc) is 3.12. The van der Waals surface area contributed by atoms with Crippen LogP contribution >= 0.6 is 0 Å². The molecule has 4 fully saturated rings. The predicted molar refractivity (Wildman–Crippen MR) is 89.6 cm³/mol. The Balaban J connectivity index is 1.65. The van der Waals surface area contributed by atoms with Gasteiger partial charge in [0.25, 0.3) is 0 Å². The molecule has 4 aliphatic rings. The highest BCUT2D eigenvalue weighted by atomic mass is 16.6. The van der Waals surface area contributed by atoms with Gasteiger partial charge in [0.05, 0.1) is 17.9 Å². The monoisotopic (exact) mass is 351 g/mol. The highest BCUT2D eigenvalue weighted by Crippen LogP contribution is 2.50. The molecule has 25 heavy (non-hydrogen) atoms. The lowest BCUT2D eigenvalue weighted by atomic mass is 9.80. The Morgan fingerprint density at radius 2 is 1.80 bits per heavy atom. The number of cyclic esters (lactones) is 1. The van der Waals surface area contributed by atoms with Gasteiger partial charge in [0, 0.05) is 12.5 Å². The summed E-state index contributed by atoms with van der Waals surface area (Å²) >= 11 is 0. The van der Waals surface area contributed by atoms with Gasteiger partial charge in [-0.3, -0.25) is 14.5 Å². The first kappa shape index (κ1) is 17.3. The predicted octanol–water partition coefficient (Wildman–Crippen LogP) is 1.64. The van der Waals surface area contributed by atoms with Crippen molar-refractivity contribution in [2.45, 2.75) is 88.7 Å². The maximum Gasteiger partial charge on any atom is 0.312 e. The zero-order chi connectivity index (χ0) is 18.0. The fourth-order valence-electron chi connectivity index (χ4n) is 5.84. The Bertz CT molecular complexity index is 594. The smallest absolute Gasteiger partial charge is 0.312 e. The molecule has 140 valence electrons. The number of carbonyl (C=O) groups excluding carboxylic acids is 2. The van der Waals surface area contributed by atoms with Crippen LogP contribution in [0.5, 0.6) is 0 Å². The second-order valence-corrected chi connectivity index (χ2v) is 8.75. The summed E-state index contributed by atoms with van der Waals surface area (Å²) in [7, 11) is 0. The zero-order valence-corrected chi connectivity index (χ0v) is 15.4. The van der Waals surface area contributed by atoms with Crippen LogP contribution in [-0.4, -0.2) is 57.9 Å². The molecule has 0 aromatic carbocycles. The van der Waals surface area contributed by atoms with Crippen molar-refractivity contribution in [1.29, 1.82) is 0 Å². The SMILES string of the molecule is CC1CC(C)(C2CCC3N2CCCCC32OC(=O)C(C)C2O)OC1=O. The molecule has 0 aromatic rings. The number of hydrogen-bond donors (Lipinski definition) is 1.